The molecular weight excluding hydrogens is 403 g/mol. The number of hydrogen-bond acceptors (Lipinski definition) is 5. The fraction of sp³-hybridized carbons (Fsp3) is 0.348. The molecule has 0 fully saturated rings. The summed E-state index contributed by atoms with van der Waals surface area (Å²) in [5.74, 6) is -1.39. The fourth-order valence-corrected chi connectivity index (χ4v) is 2.54. The molecule has 0 radical (unpaired) electrons. The Morgan fingerprint density at radius 3 is 2.39 bits per heavy atom. The number of benzene rings is 2. The Hall–Kier alpha value is -3.42. The van der Waals surface area contributed by atoms with E-state index in [4.69, 9.17) is 9.47 Å². The molecule has 1 N–H and O–H groups in total. The summed E-state index contributed by atoms with van der Waals surface area (Å²) in [7, 11) is 1.46. The normalized spacial score (nSPS) is 10.9. The van der Waals surface area contributed by atoms with Crippen molar-refractivity contribution in [3.05, 3.63) is 65.5 Å². The number of hydrogen-bond donors (Lipinski definition) is 1. The summed E-state index contributed by atoms with van der Waals surface area (Å²) < 4.78 is 23.6. The lowest BCUT2D eigenvalue weighted by atomic mass is 10.1. The lowest BCUT2D eigenvalue weighted by molar-refractivity contribution is -0.137. The summed E-state index contributed by atoms with van der Waals surface area (Å²) in [5.41, 5.74) is 0.591. The van der Waals surface area contributed by atoms with Crippen molar-refractivity contribution in [3.8, 4) is 5.75 Å². The van der Waals surface area contributed by atoms with Crippen LogP contribution in [0.2, 0.25) is 0 Å². The Bertz CT molecular complexity index is 922. The Kier molecular flexibility index (Phi) is 8.13. The number of nitrogens with one attached hydrogen (secondary N) is 1. The predicted molar refractivity (Wildman–Crippen MR) is 113 cm³/mol. The van der Waals surface area contributed by atoms with E-state index in [0.717, 1.165) is 5.56 Å². The highest BCUT2D eigenvalue weighted by Crippen LogP contribution is 2.16. The first-order chi connectivity index (χ1) is 14.5. The van der Waals surface area contributed by atoms with Crippen LogP contribution in [0, 0.1) is 5.82 Å². The van der Waals surface area contributed by atoms with Gasteiger partial charge in [0.2, 0.25) is 5.91 Å². The molecule has 0 aromatic heterocycles. The monoisotopic (exact) mass is 430 g/mol. The largest absolute Gasteiger partial charge is 0.489 e. The maximum atomic E-state index is 13.0. The van der Waals surface area contributed by atoms with Gasteiger partial charge in [0.1, 0.15) is 18.2 Å². The maximum Gasteiger partial charge on any atom is 0.338 e. The van der Waals surface area contributed by atoms with Crippen LogP contribution < -0.4 is 10.1 Å². The molecule has 31 heavy (non-hydrogen) atoms. The molecule has 166 valence electrons. The van der Waals surface area contributed by atoms with Crippen molar-refractivity contribution in [2.24, 2.45) is 0 Å². The van der Waals surface area contributed by atoms with Gasteiger partial charge in [0.25, 0.3) is 5.91 Å². The van der Waals surface area contributed by atoms with Crippen molar-refractivity contribution >= 4 is 17.8 Å². The summed E-state index contributed by atoms with van der Waals surface area (Å²) in [6, 6.07) is 12.2. The average molecular weight is 430 g/mol. The highest BCUT2D eigenvalue weighted by Gasteiger charge is 2.19. The Balaban J connectivity index is 1.84. The van der Waals surface area contributed by atoms with Crippen LogP contribution in [0.15, 0.2) is 48.5 Å². The molecule has 0 spiro atoms. The van der Waals surface area contributed by atoms with Gasteiger partial charge in [-0.1, -0.05) is 18.2 Å². The Labute approximate surface area is 181 Å². The summed E-state index contributed by atoms with van der Waals surface area (Å²) in [6.07, 6.45) is 0. The van der Waals surface area contributed by atoms with E-state index >= 15 is 0 Å². The van der Waals surface area contributed by atoms with Gasteiger partial charge in [0.05, 0.1) is 12.1 Å². The van der Waals surface area contributed by atoms with E-state index in [9.17, 15) is 18.8 Å². The zero-order valence-corrected chi connectivity index (χ0v) is 18.1. The first-order valence-corrected chi connectivity index (χ1v) is 9.73. The van der Waals surface area contributed by atoms with E-state index in [1.165, 1.54) is 36.2 Å². The van der Waals surface area contributed by atoms with Crippen molar-refractivity contribution < 1.29 is 28.2 Å². The highest BCUT2D eigenvalue weighted by atomic mass is 19.1. The predicted octanol–water partition coefficient (Wildman–Crippen LogP) is 2.93. The number of nitrogens with zero attached hydrogens (tertiary/aromatic N) is 1. The molecule has 7 nitrogen and oxygen atoms in total. The second kappa shape index (κ2) is 10.6. The molecule has 0 saturated carbocycles. The second-order valence-electron chi connectivity index (χ2n) is 8.07. The minimum Gasteiger partial charge on any atom is -0.489 e. The van der Waals surface area contributed by atoms with Crippen LogP contribution in [-0.4, -0.2) is 48.4 Å². The molecular formula is C23H27FN2O5. The lowest BCUT2D eigenvalue weighted by Crippen LogP contribution is -2.46. The van der Waals surface area contributed by atoms with Gasteiger partial charge in [0, 0.05) is 12.6 Å². The van der Waals surface area contributed by atoms with Gasteiger partial charge in [-0.15, -0.1) is 0 Å². The average Bonchev–Trinajstić information content (AvgIpc) is 2.70. The summed E-state index contributed by atoms with van der Waals surface area (Å²) in [6.45, 7) is 5.10. The van der Waals surface area contributed by atoms with Gasteiger partial charge in [-0.05, 0) is 56.7 Å². The van der Waals surface area contributed by atoms with Crippen molar-refractivity contribution in [1.29, 1.82) is 0 Å². The standard InChI is InChI=1S/C23H27FN2O5/c1-23(2,3)25-20(27)13-26(4)21(28)15-31-22(29)17-6-5-7-19(12-17)30-14-16-8-10-18(24)11-9-16/h5-12H,13-15H2,1-4H3,(H,25,27). The Morgan fingerprint density at radius 2 is 1.74 bits per heavy atom. The number of carbonyl (C=O) groups excluding carboxylic acids is 3. The minimum absolute atomic E-state index is 0.139. The summed E-state index contributed by atoms with van der Waals surface area (Å²) in [5, 5.41) is 2.76. The van der Waals surface area contributed by atoms with Crippen LogP contribution in [0.4, 0.5) is 4.39 Å². The minimum atomic E-state index is -0.687. The van der Waals surface area contributed by atoms with E-state index < -0.39 is 24.0 Å². The van der Waals surface area contributed by atoms with Gasteiger partial charge in [-0.2, -0.15) is 0 Å². The number of ether oxygens (including phenoxy) is 2. The van der Waals surface area contributed by atoms with Crippen LogP contribution >= 0.6 is 0 Å². The Morgan fingerprint density at radius 1 is 1.06 bits per heavy atom. The second-order valence-corrected chi connectivity index (χ2v) is 8.07. The third-order valence-electron chi connectivity index (χ3n) is 4.04. The highest BCUT2D eigenvalue weighted by molar-refractivity contribution is 5.92. The van der Waals surface area contributed by atoms with Crippen LogP contribution in [0.3, 0.4) is 0 Å². The van der Waals surface area contributed by atoms with Gasteiger partial charge in [0.15, 0.2) is 6.61 Å². The molecule has 0 heterocycles. The van der Waals surface area contributed by atoms with E-state index in [0.29, 0.717) is 5.75 Å². The molecule has 0 aliphatic carbocycles. The van der Waals surface area contributed by atoms with Gasteiger partial charge >= 0.3 is 5.97 Å². The van der Waals surface area contributed by atoms with Crippen LogP contribution in [0.25, 0.3) is 0 Å². The van der Waals surface area contributed by atoms with Crippen molar-refractivity contribution in [2.75, 3.05) is 20.2 Å². The quantitative estimate of drug-likeness (QED) is 0.651. The number of esters is 1. The molecule has 2 amide bonds. The zero-order valence-electron chi connectivity index (χ0n) is 18.1. The molecule has 0 unspecified atom stereocenters. The van der Waals surface area contributed by atoms with Crippen LogP contribution in [-0.2, 0) is 20.9 Å². The summed E-state index contributed by atoms with van der Waals surface area (Å²) in [4.78, 5) is 37.5. The van der Waals surface area contributed by atoms with Crippen molar-refractivity contribution in [3.63, 3.8) is 0 Å². The number of likely N-dealkylation sites (N-methyl/N-ethyl adjacent to an activating group) is 1. The molecule has 0 bridgehead atoms. The first-order valence-electron chi connectivity index (χ1n) is 9.73. The SMILES string of the molecule is CN(CC(=O)NC(C)(C)C)C(=O)COC(=O)c1cccc(OCc2ccc(F)cc2)c1. The first kappa shape index (κ1) is 23.9. The van der Waals surface area contributed by atoms with Crippen LogP contribution in [0.5, 0.6) is 5.75 Å². The fourth-order valence-electron chi connectivity index (χ4n) is 2.54. The molecule has 0 aliphatic heterocycles. The zero-order chi connectivity index (χ0) is 23.0. The third-order valence-corrected chi connectivity index (χ3v) is 4.04. The molecule has 0 atom stereocenters. The van der Waals surface area contributed by atoms with Crippen molar-refractivity contribution in [2.45, 2.75) is 32.9 Å². The summed E-state index contributed by atoms with van der Waals surface area (Å²) >= 11 is 0. The number of rotatable bonds is 8. The third kappa shape index (κ3) is 8.46. The van der Waals surface area contributed by atoms with E-state index in [1.807, 2.05) is 20.8 Å². The maximum absolute atomic E-state index is 13.0. The van der Waals surface area contributed by atoms with Gasteiger partial charge in [-0.25, -0.2) is 9.18 Å². The van der Waals surface area contributed by atoms with E-state index in [1.54, 1.807) is 24.3 Å². The smallest absolute Gasteiger partial charge is 0.338 e. The topological polar surface area (TPSA) is 84.9 Å². The number of carbonyl (C=O) groups is 3. The van der Waals surface area contributed by atoms with Gasteiger partial charge < -0.3 is 19.7 Å². The van der Waals surface area contributed by atoms with E-state index in [-0.39, 0.29) is 30.4 Å². The van der Waals surface area contributed by atoms with Crippen LogP contribution in [0.1, 0.15) is 36.7 Å². The molecule has 2 rings (SSSR count). The van der Waals surface area contributed by atoms with Crippen molar-refractivity contribution in [1.82, 2.24) is 10.2 Å². The molecule has 0 aliphatic rings. The molecule has 2 aromatic carbocycles. The number of amides is 2. The van der Waals surface area contributed by atoms with E-state index in [2.05, 4.69) is 5.32 Å². The molecule has 8 heteroatoms. The number of halogens is 1. The molecule has 2 aromatic rings. The lowest BCUT2D eigenvalue weighted by Gasteiger charge is -2.23. The molecule has 0 saturated heterocycles. The van der Waals surface area contributed by atoms with Gasteiger partial charge in [-0.3, -0.25) is 9.59 Å².